The molecule has 1 aliphatic heterocycles. The summed E-state index contributed by atoms with van der Waals surface area (Å²) in [4.78, 5) is 14.7. The Morgan fingerprint density at radius 2 is 1.60 bits per heavy atom. The van der Waals surface area contributed by atoms with Gasteiger partial charge < -0.3 is 10.6 Å². The summed E-state index contributed by atoms with van der Waals surface area (Å²) in [7, 11) is 2.12. The third-order valence-corrected chi connectivity index (χ3v) is 5.06. The average Bonchev–Trinajstić information content (AvgIpc) is 2.68. The van der Waals surface area contributed by atoms with Gasteiger partial charge in [0.1, 0.15) is 0 Å². The quantitative estimate of drug-likeness (QED) is 0.632. The van der Waals surface area contributed by atoms with E-state index >= 15 is 0 Å². The van der Waals surface area contributed by atoms with Crippen LogP contribution in [0.1, 0.15) is 47.2 Å². The van der Waals surface area contributed by atoms with Crippen molar-refractivity contribution in [2.75, 3.05) is 13.6 Å². The zero-order chi connectivity index (χ0) is 20.6. The van der Waals surface area contributed by atoms with Crippen LogP contribution >= 0.6 is 0 Å². The minimum atomic E-state index is -0.295. The van der Waals surface area contributed by atoms with E-state index in [0.717, 1.165) is 19.4 Å². The predicted octanol–water partition coefficient (Wildman–Crippen LogP) is 4.88. The number of amides is 2. The molecule has 1 atom stereocenters. The predicted molar refractivity (Wildman–Crippen MR) is 122 cm³/mol. The van der Waals surface area contributed by atoms with E-state index in [0.29, 0.717) is 12.6 Å². The number of rotatable bonds is 5. The fourth-order valence-corrected chi connectivity index (χ4v) is 3.66. The van der Waals surface area contributed by atoms with Crippen molar-refractivity contribution in [1.29, 1.82) is 0 Å². The number of urea groups is 1. The minimum absolute atomic E-state index is 0. The van der Waals surface area contributed by atoms with Crippen LogP contribution < -0.4 is 10.6 Å². The Labute approximate surface area is 209 Å². The molecule has 0 saturated carbocycles. The van der Waals surface area contributed by atoms with Gasteiger partial charge in [-0.2, -0.15) is 0 Å². The van der Waals surface area contributed by atoms with Crippen LogP contribution in [0.3, 0.4) is 0 Å². The summed E-state index contributed by atoms with van der Waals surface area (Å²) in [6.45, 7) is 9.70. The fraction of sp³-hybridized carbons (Fsp3) is 0.458. The number of carbonyl (C=O) groups is 1. The molecule has 30 heavy (non-hydrogen) atoms. The molecule has 0 aromatic heterocycles. The van der Waals surface area contributed by atoms with Crippen LogP contribution in [0.25, 0.3) is 0 Å². The van der Waals surface area contributed by atoms with Gasteiger partial charge in [-0.1, -0.05) is 68.4 Å². The Hall–Kier alpha value is -1.16. The molecule has 0 saturated heterocycles. The minimum Gasteiger partial charge on any atom is -0.337 e. The van der Waals surface area contributed by atoms with E-state index in [9.17, 15) is 4.79 Å². The van der Waals surface area contributed by atoms with Gasteiger partial charge in [-0.25, -0.2) is 4.79 Å². The monoisotopic (exact) mass is 487 g/mol. The number of nitrogens with one attached hydrogen (secondary N) is 2. The Kier molecular flexibility index (Phi) is 13.5. The maximum absolute atomic E-state index is 12.4. The maximum Gasteiger partial charge on any atom is 0.315 e. The summed E-state index contributed by atoms with van der Waals surface area (Å²) in [5, 5.41) is 6.17. The van der Waals surface area contributed by atoms with Gasteiger partial charge in [-0.05, 0) is 50.4 Å². The Morgan fingerprint density at radius 1 is 1.03 bits per heavy atom. The first kappa shape index (κ1) is 28.8. The average molecular weight is 487 g/mol. The summed E-state index contributed by atoms with van der Waals surface area (Å²) >= 11 is 0. The van der Waals surface area contributed by atoms with Crippen LogP contribution in [0.4, 0.5) is 4.79 Å². The summed E-state index contributed by atoms with van der Waals surface area (Å²) in [6, 6.07) is 19.0. The molecular weight excluding hydrogens is 448 g/mol. The first-order chi connectivity index (χ1) is 13.4. The smallest absolute Gasteiger partial charge is 0.315 e. The molecule has 2 aromatic carbocycles. The van der Waals surface area contributed by atoms with Gasteiger partial charge in [0, 0.05) is 64.6 Å². The Morgan fingerprint density at radius 3 is 2.23 bits per heavy atom. The number of carbonyl (C=O) groups excluding carboxylic acids is 1. The van der Waals surface area contributed by atoms with E-state index in [4.69, 9.17) is 0 Å². The van der Waals surface area contributed by atoms with Crippen molar-refractivity contribution in [3.8, 4) is 0 Å². The molecule has 0 aliphatic carbocycles. The van der Waals surface area contributed by atoms with E-state index in [-0.39, 0.29) is 51.5 Å². The normalized spacial score (nSPS) is 15.3. The maximum atomic E-state index is 12.4. The van der Waals surface area contributed by atoms with Crippen molar-refractivity contribution in [2.45, 2.75) is 58.7 Å². The van der Waals surface area contributed by atoms with Gasteiger partial charge in [0.05, 0.1) is 0 Å². The van der Waals surface area contributed by atoms with Crippen LogP contribution in [0.5, 0.6) is 0 Å². The second-order valence-electron chi connectivity index (χ2n) is 7.92. The van der Waals surface area contributed by atoms with Crippen molar-refractivity contribution >= 4 is 6.03 Å². The van der Waals surface area contributed by atoms with Crippen molar-refractivity contribution in [3.63, 3.8) is 0 Å². The molecule has 0 bridgehead atoms. The molecule has 2 amide bonds. The second kappa shape index (κ2) is 14.0. The molecule has 2 N–H and O–H groups in total. The SMILES string of the molecule is CC.CN1Cc2ccccc2CC1CNC(=O)NC(C)(C)Cc1ccccc1.[HH].[HH].[V].[V]. The zero-order valence-corrected chi connectivity index (χ0v) is 21.6. The third-order valence-electron chi connectivity index (χ3n) is 5.06. The van der Waals surface area contributed by atoms with E-state index in [1.165, 1.54) is 16.7 Å². The van der Waals surface area contributed by atoms with Gasteiger partial charge in [0.25, 0.3) is 0 Å². The van der Waals surface area contributed by atoms with Crippen LogP contribution in [-0.4, -0.2) is 36.1 Å². The molecule has 2 radical (unpaired) electrons. The molecule has 0 spiro atoms. The third kappa shape index (κ3) is 8.91. The molecule has 6 heteroatoms. The number of hydrogen-bond donors (Lipinski definition) is 2. The molecule has 1 unspecified atom stereocenters. The van der Waals surface area contributed by atoms with Crippen molar-refractivity contribution in [3.05, 3.63) is 71.3 Å². The number of hydrogen-bond acceptors (Lipinski definition) is 2. The largest absolute Gasteiger partial charge is 0.337 e. The van der Waals surface area contributed by atoms with E-state index in [1.54, 1.807) is 0 Å². The van der Waals surface area contributed by atoms with E-state index < -0.39 is 0 Å². The first-order valence-corrected chi connectivity index (χ1v) is 10.3. The fourth-order valence-electron chi connectivity index (χ4n) is 3.66. The molecule has 0 fully saturated rings. The number of fused-ring (bicyclic) bond motifs is 1. The van der Waals surface area contributed by atoms with Crippen molar-refractivity contribution < 1.29 is 44.8 Å². The van der Waals surface area contributed by atoms with Gasteiger partial charge in [0.15, 0.2) is 0 Å². The van der Waals surface area contributed by atoms with Crippen LogP contribution in [0, 0.1) is 0 Å². The Balaban J connectivity index is -0.00000136. The van der Waals surface area contributed by atoms with Gasteiger partial charge in [-0.15, -0.1) is 0 Å². The van der Waals surface area contributed by atoms with Crippen molar-refractivity contribution in [2.24, 2.45) is 0 Å². The second-order valence-corrected chi connectivity index (χ2v) is 7.92. The zero-order valence-electron chi connectivity index (χ0n) is 18.9. The molecule has 2 aromatic rings. The first-order valence-electron chi connectivity index (χ1n) is 10.3. The van der Waals surface area contributed by atoms with Crippen molar-refractivity contribution in [1.82, 2.24) is 15.5 Å². The van der Waals surface area contributed by atoms with Gasteiger partial charge >= 0.3 is 6.03 Å². The summed E-state index contributed by atoms with van der Waals surface area (Å²) < 4.78 is 0. The molecule has 166 valence electrons. The number of likely N-dealkylation sites (N-methyl/N-ethyl adjacent to an activating group) is 1. The summed E-state index contributed by atoms with van der Waals surface area (Å²) in [5.41, 5.74) is 3.71. The number of nitrogens with zero attached hydrogens (tertiary/aromatic N) is 1. The van der Waals surface area contributed by atoms with E-state index in [1.807, 2.05) is 32.0 Å². The van der Waals surface area contributed by atoms with E-state index in [2.05, 4.69) is 72.8 Å². The number of benzene rings is 2. The van der Waals surface area contributed by atoms with Crippen LogP contribution in [0.15, 0.2) is 54.6 Å². The topological polar surface area (TPSA) is 44.4 Å². The summed E-state index contributed by atoms with van der Waals surface area (Å²) in [5.74, 6) is 0. The van der Waals surface area contributed by atoms with Crippen LogP contribution in [-0.2, 0) is 56.5 Å². The van der Waals surface area contributed by atoms with Crippen LogP contribution in [0.2, 0.25) is 0 Å². The molecular formula is C24H39N3OV2. The molecule has 1 heterocycles. The Bertz CT molecular complexity index is 764. The van der Waals surface area contributed by atoms with Gasteiger partial charge in [-0.3, -0.25) is 4.90 Å². The summed E-state index contributed by atoms with van der Waals surface area (Å²) in [6.07, 6.45) is 1.78. The molecule has 4 nitrogen and oxygen atoms in total. The molecule has 3 rings (SSSR count). The standard InChI is InChI=1S/C22H29N3O.C2H6.2V.2H2/c1-22(2,14-17-9-5-4-6-10-17)24-21(26)23-15-20-13-18-11-7-8-12-19(18)16-25(20)3;1-2;;;;/h4-12,20H,13-16H2,1-3H3,(H2,23,24,26);1-2H3;;;2*1H. The van der Waals surface area contributed by atoms with Gasteiger partial charge in [0.2, 0.25) is 0 Å². The molecule has 1 aliphatic rings.